The van der Waals surface area contributed by atoms with E-state index in [0.29, 0.717) is 5.75 Å². The molecule has 1 aromatic carbocycles. The van der Waals surface area contributed by atoms with Crippen LogP contribution in [0, 0.1) is 0 Å². The first-order chi connectivity index (χ1) is 6.19. The highest BCUT2D eigenvalue weighted by Crippen LogP contribution is 2.28. The quantitative estimate of drug-likeness (QED) is 0.856. The number of hydrogen-bond donors (Lipinski definition) is 2. The molecule has 0 saturated heterocycles. The number of rotatable bonds is 3. The van der Waals surface area contributed by atoms with Crippen molar-refractivity contribution in [1.82, 2.24) is 5.32 Å². The van der Waals surface area contributed by atoms with Gasteiger partial charge in [0.25, 0.3) is 0 Å². The van der Waals surface area contributed by atoms with Crippen molar-refractivity contribution in [3.63, 3.8) is 0 Å². The average Bonchev–Trinajstić information content (AvgIpc) is 2.13. The number of aromatic hydroxyl groups is 1. The fourth-order valence-electron chi connectivity index (χ4n) is 1.38. The van der Waals surface area contributed by atoms with E-state index in [1.54, 1.807) is 6.07 Å². The number of nitrogens with one attached hydrogen (secondary N) is 1. The third-order valence-corrected chi connectivity index (χ3v) is 2.61. The van der Waals surface area contributed by atoms with Gasteiger partial charge in [0.2, 0.25) is 0 Å². The molecule has 0 aliphatic carbocycles. The summed E-state index contributed by atoms with van der Waals surface area (Å²) in [7, 11) is 1.90. The summed E-state index contributed by atoms with van der Waals surface area (Å²) in [5.41, 5.74) is 0.944. The lowest BCUT2D eigenvalue weighted by molar-refractivity contribution is 0.450. The van der Waals surface area contributed by atoms with Crippen molar-refractivity contribution in [2.24, 2.45) is 0 Å². The average molecular weight is 244 g/mol. The van der Waals surface area contributed by atoms with Gasteiger partial charge in [0.1, 0.15) is 5.75 Å². The van der Waals surface area contributed by atoms with E-state index in [9.17, 15) is 5.11 Å². The van der Waals surface area contributed by atoms with Gasteiger partial charge in [-0.15, -0.1) is 0 Å². The van der Waals surface area contributed by atoms with Crippen LogP contribution in [0.3, 0.4) is 0 Å². The second-order valence-electron chi connectivity index (χ2n) is 2.95. The molecule has 0 heterocycles. The molecule has 2 N–H and O–H groups in total. The van der Waals surface area contributed by atoms with E-state index in [1.165, 1.54) is 0 Å². The Hall–Kier alpha value is -0.540. The lowest BCUT2D eigenvalue weighted by Gasteiger charge is -2.15. The van der Waals surface area contributed by atoms with Gasteiger partial charge in [0.15, 0.2) is 0 Å². The summed E-state index contributed by atoms with van der Waals surface area (Å²) in [4.78, 5) is 0. The molecule has 1 atom stereocenters. The molecule has 0 aliphatic heterocycles. The molecule has 2 nitrogen and oxygen atoms in total. The van der Waals surface area contributed by atoms with Crippen LogP contribution in [-0.2, 0) is 0 Å². The minimum atomic E-state index is 0.220. The van der Waals surface area contributed by atoms with E-state index in [4.69, 9.17) is 0 Å². The summed E-state index contributed by atoms with van der Waals surface area (Å²) in [6, 6.07) is 5.71. The molecule has 0 fully saturated rings. The lowest BCUT2D eigenvalue weighted by atomic mass is 10.0. The second kappa shape index (κ2) is 4.63. The molecule has 0 saturated carbocycles. The van der Waals surface area contributed by atoms with Gasteiger partial charge in [0.05, 0.1) is 0 Å². The maximum Gasteiger partial charge on any atom is 0.120 e. The van der Waals surface area contributed by atoms with Crippen molar-refractivity contribution in [3.05, 3.63) is 28.2 Å². The van der Waals surface area contributed by atoms with Crippen LogP contribution in [0.1, 0.15) is 24.9 Å². The summed E-state index contributed by atoms with van der Waals surface area (Å²) < 4.78 is 0.994. The maximum absolute atomic E-state index is 9.61. The van der Waals surface area contributed by atoms with E-state index >= 15 is 0 Å². The summed E-state index contributed by atoms with van der Waals surface area (Å²) in [5, 5.41) is 12.8. The van der Waals surface area contributed by atoms with Gasteiger partial charge in [-0.05, 0) is 31.7 Å². The first-order valence-corrected chi connectivity index (χ1v) is 5.14. The molecule has 3 heteroatoms. The Balaban J connectivity index is 3.03. The molecule has 72 valence electrons. The highest BCUT2D eigenvalue weighted by Gasteiger charge is 2.11. The topological polar surface area (TPSA) is 32.3 Å². The van der Waals surface area contributed by atoms with Crippen LogP contribution in [0.25, 0.3) is 0 Å². The van der Waals surface area contributed by atoms with Crippen LogP contribution in [-0.4, -0.2) is 12.2 Å². The number of halogens is 1. The zero-order valence-corrected chi connectivity index (χ0v) is 9.43. The molecule has 0 aliphatic rings. The van der Waals surface area contributed by atoms with Gasteiger partial charge in [-0.3, -0.25) is 0 Å². The molecule has 1 aromatic rings. The van der Waals surface area contributed by atoms with Crippen molar-refractivity contribution in [2.45, 2.75) is 19.4 Å². The Bertz CT molecular complexity index is 284. The molecule has 0 bridgehead atoms. The first kappa shape index (κ1) is 10.5. The Morgan fingerprint density at radius 3 is 2.77 bits per heavy atom. The summed E-state index contributed by atoms with van der Waals surface area (Å²) >= 11 is 3.38. The van der Waals surface area contributed by atoms with Crippen molar-refractivity contribution in [1.29, 1.82) is 0 Å². The third kappa shape index (κ3) is 2.45. The van der Waals surface area contributed by atoms with Crippen LogP contribution in [0.2, 0.25) is 0 Å². The summed E-state index contributed by atoms with van der Waals surface area (Å²) in [6.45, 7) is 2.08. The fraction of sp³-hybridized carbons (Fsp3) is 0.400. The Morgan fingerprint density at radius 1 is 1.54 bits per heavy atom. The van der Waals surface area contributed by atoms with E-state index < -0.39 is 0 Å². The molecule has 0 aromatic heterocycles. The van der Waals surface area contributed by atoms with Crippen molar-refractivity contribution in [3.8, 4) is 5.75 Å². The second-order valence-corrected chi connectivity index (χ2v) is 3.87. The lowest BCUT2D eigenvalue weighted by Crippen LogP contribution is -2.15. The van der Waals surface area contributed by atoms with E-state index in [1.807, 2.05) is 19.2 Å². The molecular formula is C10H14BrNO. The molecule has 0 amide bonds. The van der Waals surface area contributed by atoms with Gasteiger partial charge in [-0.1, -0.05) is 22.9 Å². The molecule has 1 unspecified atom stereocenters. The number of phenolic OH excluding ortho intramolecular Hbond substituents is 1. The molecule has 0 radical (unpaired) electrons. The van der Waals surface area contributed by atoms with Gasteiger partial charge in [-0.2, -0.15) is 0 Å². The zero-order chi connectivity index (χ0) is 9.84. The number of hydrogen-bond acceptors (Lipinski definition) is 2. The predicted molar refractivity (Wildman–Crippen MR) is 57.9 cm³/mol. The van der Waals surface area contributed by atoms with Gasteiger partial charge in [0, 0.05) is 16.1 Å². The molecular weight excluding hydrogens is 230 g/mol. The highest BCUT2D eigenvalue weighted by atomic mass is 79.9. The SMILES string of the molecule is CCC(NC)c1cc(Br)ccc1O. The Morgan fingerprint density at radius 2 is 2.23 bits per heavy atom. The number of benzene rings is 1. The maximum atomic E-state index is 9.61. The predicted octanol–water partition coefficient (Wildman–Crippen LogP) is 2.83. The Labute approximate surface area is 87.1 Å². The normalized spacial score (nSPS) is 12.8. The smallest absolute Gasteiger partial charge is 0.120 e. The molecule has 13 heavy (non-hydrogen) atoms. The molecule has 1 rings (SSSR count). The van der Waals surface area contributed by atoms with Crippen molar-refractivity contribution >= 4 is 15.9 Å². The standard InChI is InChI=1S/C10H14BrNO/c1-3-9(12-2)8-6-7(11)4-5-10(8)13/h4-6,9,12-13H,3H2,1-2H3. The van der Waals surface area contributed by atoms with Crippen LogP contribution in [0.15, 0.2) is 22.7 Å². The minimum Gasteiger partial charge on any atom is -0.508 e. The Kier molecular flexibility index (Phi) is 3.75. The summed E-state index contributed by atoms with van der Waals surface area (Å²) in [5.74, 6) is 0.351. The fourth-order valence-corrected chi connectivity index (χ4v) is 1.76. The van der Waals surface area contributed by atoms with Crippen molar-refractivity contribution < 1.29 is 5.11 Å². The van der Waals surface area contributed by atoms with Gasteiger partial charge >= 0.3 is 0 Å². The van der Waals surface area contributed by atoms with Crippen molar-refractivity contribution in [2.75, 3.05) is 7.05 Å². The zero-order valence-electron chi connectivity index (χ0n) is 7.84. The van der Waals surface area contributed by atoms with Crippen LogP contribution in [0.4, 0.5) is 0 Å². The monoisotopic (exact) mass is 243 g/mol. The van der Waals surface area contributed by atoms with Gasteiger partial charge in [-0.25, -0.2) is 0 Å². The van der Waals surface area contributed by atoms with Crippen LogP contribution in [0.5, 0.6) is 5.75 Å². The third-order valence-electron chi connectivity index (χ3n) is 2.12. The van der Waals surface area contributed by atoms with Crippen LogP contribution >= 0.6 is 15.9 Å². The highest BCUT2D eigenvalue weighted by molar-refractivity contribution is 9.10. The minimum absolute atomic E-state index is 0.220. The largest absolute Gasteiger partial charge is 0.508 e. The van der Waals surface area contributed by atoms with E-state index in [-0.39, 0.29) is 6.04 Å². The van der Waals surface area contributed by atoms with Gasteiger partial charge < -0.3 is 10.4 Å². The number of phenols is 1. The summed E-state index contributed by atoms with van der Waals surface area (Å²) in [6.07, 6.45) is 0.959. The van der Waals surface area contributed by atoms with Crippen LogP contribution < -0.4 is 5.32 Å². The van der Waals surface area contributed by atoms with E-state index in [0.717, 1.165) is 16.5 Å². The van der Waals surface area contributed by atoms with E-state index in [2.05, 4.69) is 28.2 Å². The molecule has 0 spiro atoms. The first-order valence-electron chi connectivity index (χ1n) is 4.34.